The van der Waals surface area contributed by atoms with Crippen LogP contribution in [0.2, 0.25) is 0 Å². The highest BCUT2D eigenvalue weighted by Crippen LogP contribution is 2.51. The van der Waals surface area contributed by atoms with Gasteiger partial charge in [-0.05, 0) is 44.4 Å². The molecule has 2 aliphatic rings. The molecule has 0 aromatic heterocycles. The molecule has 1 aromatic carbocycles. The van der Waals surface area contributed by atoms with Gasteiger partial charge in [-0.25, -0.2) is 4.39 Å². The van der Waals surface area contributed by atoms with Gasteiger partial charge in [0.05, 0.1) is 0 Å². The summed E-state index contributed by atoms with van der Waals surface area (Å²) in [6, 6.07) is 3.56. The second-order valence-corrected chi connectivity index (χ2v) is 5.68. The van der Waals surface area contributed by atoms with Crippen molar-refractivity contribution < 1.29 is 13.9 Å². The Morgan fingerprint density at radius 3 is 2.50 bits per heavy atom. The quantitative estimate of drug-likeness (QED) is 0.878. The molecule has 0 radical (unpaired) electrons. The van der Waals surface area contributed by atoms with Crippen LogP contribution >= 0.6 is 0 Å². The van der Waals surface area contributed by atoms with Gasteiger partial charge in [0.15, 0.2) is 11.5 Å². The minimum Gasteiger partial charge on any atom is -0.486 e. The Balaban J connectivity index is 2.16. The highest BCUT2D eigenvalue weighted by Gasteiger charge is 2.44. The molecule has 98 valence electrons. The van der Waals surface area contributed by atoms with Gasteiger partial charge in [-0.2, -0.15) is 0 Å². The lowest BCUT2D eigenvalue weighted by Crippen LogP contribution is -2.25. The van der Waals surface area contributed by atoms with E-state index in [2.05, 4.69) is 0 Å². The summed E-state index contributed by atoms with van der Waals surface area (Å²) >= 11 is 0. The number of benzene rings is 1. The van der Waals surface area contributed by atoms with Gasteiger partial charge >= 0.3 is 0 Å². The number of halogens is 1. The molecule has 2 N–H and O–H groups in total. The summed E-state index contributed by atoms with van der Waals surface area (Å²) in [6.07, 6.45) is 1.83. The number of nitrogens with two attached hydrogens (primary N) is 1. The third-order valence-electron chi connectivity index (χ3n) is 3.65. The summed E-state index contributed by atoms with van der Waals surface area (Å²) in [4.78, 5) is 0. The van der Waals surface area contributed by atoms with E-state index in [4.69, 9.17) is 15.2 Å². The molecule has 0 unspecified atom stereocenters. The Hall–Kier alpha value is -1.29. The molecular formula is C14H18FNO2. The Morgan fingerprint density at radius 1 is 1.22 bits per heavy atom. The van der Waals surface area contributed by atoms with E-state index < -0.39 is 5.67 Å². The highest BCUT2D eigenvalue weighted by atomic mass is 19.1. The van der Waals surface area contributed by atoms with Gasteiger partial charge in [0, 0.05) is 11.1 Å². The van der Waals surface area contributed by atoms with Gasteiger partial charge in [-0.15, -0.1) is 0 Å². The minimum absolute atomic E-state index is 0.355. The summed E-state index contributed by atoms with van der Waals surface area (Å²) < 4.78 is 25.4. The molecule has 0 atom stereocenters. The first kappa shape index (κ1) is 11.8. The summed E-state index contributed by atoms with van der Waals surface area (Å²) in [5, 5.41) is 0. The maximum atomic E-state index is 14.1. The number of ether oxygens (including phenoxy) is 2. The van der Waals surface area contributed by atoms with Gasteiger partial charge in [0.25, 0.3) is 0 Å². The van der Waals surface area contributed by atoms with Crippen molar-refractivity contribution in [3.8, 4) is 11.5 Å². The summed E-state index contributed by atoms with van der Waals surface area (Å²) in [6.45, 7) is 4.10. The van der Waals surface area contributed by atoms with Crippen LogP contribution in [0.1, 0.15) is 37.8 Å². The van der Waals surface area contributed by atoms with Crippen molar-refractivity contribution in [3.63, 3.8) is 0 Å². The molecule has 0 spiro atoms. The summed E-state index contributed by atoms with van der Waals surface area (Å²) in [5.41, 5.74) is 5.97. The number of alkyl halides is 1. The lowest BCUT2D eigenvalue weighted by Gasteiger charge is -2.26. The molecule has 0 saturated heterocycles. The fraction of sp³-hybridized carbons (Fsp3) is 0.571. The molecule has 3 nitrogen and oxygen atoms in total. The van der Waals surface area contributed by atoms with Crippen molar-refractivity contribution in [3.05, 3.63) is 23.3 Å². The molecule has 1 aliphatic heterocycles. The van der Waals surface area contributed by atoms with Gasteiger partial charge in [0.2, 0.25) is 0 Å². The van der Waals surface area contributed by atoms with Crippen LogP contribution in [0.3, 0.4) is 0 Å². The molecule has 3 rings (SSSR count). The van der Waals surface area contributed by atoms with Crippen LogP contribution in [-0.4, -0.2) is 13.2 Å². The van der Waals surface area contributed by atoms with Crippen molar-refractivity contribution in [2.45, 2.75) is 37.9 Å². The maximum absolute atomic E-state index is 14.1. The van der Waals surface area contributed by atoms with Gasteiger partial charge in [-0.1, -0.05) is 0 Å². The smallest absolute Gasteiger partial charge is 0.166 e. The fourth-order valence-electron chi connectivity index (χ4n) is 2.27. The molecule has 1 saturated carbocycles. The van der Waals surface area contributed by atoms with E-state index >= 15 is 0 Å². The van der Waals surface area contributed by atoms with E-state index in [-0.39, 0.29) is 5.54 Å². The average molecular weight is 251 g/mol. The van der Waals surface area contributed by atoms with Gasteiger partial charge in [-0.3, -0.25) is 0 Å². The number of hydrogen-bond donors (Lipinski definition) is 1. The molecule has 18 heavy (non-hydrogen) atoms. The molecule has 1 heterocycles. The molecule has 1 fully saturated rings. The molecule has 4 heteroatoms. The second kappa shape index (κ2) is 3.60. The van der Waals surface area contributed by atoms with Gasteiger partial charge < -0.3 is 15.2 Å². The summed E-state index contributed by atoms with van der Waals surface area (Å²) in [5.74, 6) is 1.32. The SMILES string of the molecule is CC(C)(F)c1cc2c(c(C3(N)CC3)c1)OCCO2. The Bertz CT molecular complexity index is 489. The lowest BCUT2D eigenvalue weighted by atomic mass is 9.93. The first-order valence-corrected chi connectivity index (χ1v) is 6.33. The van der Waals surface area contributed by atoms with Crippen LogP contribution in [0, 0.1) is 0 Å². The normalized spacial score (nSPS) is 20.7. The predicted molar refractivity (Wildman–Crippen MR) is 66.7 cm³/mol. The van der Waals surface area contributed by atoms with Crippen molar-refractivity contribution in [2.24, 2.45) is 5.73 Å². The van der Waals surface area contributed by atoms with Crippen molar-refractivity contribution in [1.82, 2.24) is 0 Å². The third kappa shape index (κ3) is 1.85. The summed E-state index contributed by atoms with van der Waals surface area (Å²) in [7, 11) is 0. The van der Waals surface area contributed by atoms with Crippen LogP contribution in [0.15, 0.2) is 12.1 Å². The van der Waals surface area contributed by atoms with E-state index in [1.807, 2.05) is 6.07 Å². The van der Waals surface area contributed by atoms with E-state index in [1.54, 1.807) is 6.07 Å². The molecule has 1 aliphatic carbocycles. The number of hydrogen-bond acceptors (Lipinski definition) is 3. The standard InChI is InChI=1S/C14H18FNO2/c1-13(2,15)9-7-10(14(16)3-4-14)12-11(8-9)17-5-6-18-12/h7-8H,3-6,16H2,1-2H3. The van der Waals surface area contributed by atoms with E-state index in [0.29, 0.717) is 30.3 Å². The predicted octanol–water partition coefficient (Wildman–Crippen LogP) is 2.61. The van der Waals surface area contributed by atoms with E-state index in [9.17, 15) is 4.39 Å². The average Bonchev–Trinajstić information content (AvgIpc) is 3.06. The fourth-order valence-corrected chi connectivity index (χ4v) is 2.27. The van der Waals surface area contributed by atoms with Crippen molar-refractivity contribution >= 4 is 0 Å². The Morgan fingerprint density at radius 2 is 1.89 bits per heavy atom. The second-order valence-electron chi connectivity index (χ2n) is 5.68. The lowest BCUT2D eigenvalue weighted by molar-refractivity contribution is 0.166. The van der Waals surface area contributed by atoms with Crippen LogP contribution in [0.4, 0.5) is 4.39 Å². The van der Waals surface area contributed by atoms with E-state index in [0.717, 1.165) is 18.4 Å². The first-order chi connectivity index (χ1) is 8.40. The van der Waals surface area contributed by atoms with Crippen molar-refractivity contribution in [2.75, 3.05) is 13.2 Å². The largest absolute Gasteiger partial charge is 0.486 e. The Kier molecular flexibility index (Phi) is 2.36. The molecule has 1 aromatic rings. The molecular weight excluding hydrogens is 233 g/mol. The Labute approximate surface area is 106 Å². The topological polar surface area (TPSA) is 44.5 Å². The zero-order valence-electron chi connectivity index (χ0n) is 10.8. The van der Waals surface area contributed by atoms with Crippen LogP contribution in [0.5, 0.6) is 11.5 Å². The van der Waals surface area contributed by atoms with Crippen LogP contribution in [0.25, 0.3) is 0 Å². The number of fused-ring (bicyclic) bond motifs is 1. The monoisotopic (exact) mass is 251 g/mol. The van der Waals surface area contributed by atoms with Crippen LogP contribution in [-0.2, 0) is 11.2 Å². The number of rotatable bonds is 2. The first-order valence-electron chi connectivity index (χ1n) is 6.33. The van der Waals surface area contributed by atoms with Gasteiger partial charge in [0.1, 0.15) is 18.9 Å². The maximum Gasteiger partial charge on any atom is 0.166 e. The highest BCUT2D eigenvalue weighted by molar-refractivity contribution is 5.55. The van der Waals surface area contributed by atoms with E-state index in [1.165, 1.54) is 13.8 Å². The molecule has 0 bridgehead atoms. The molecule has 0 amide bonds. The third-order valence-corrected chi connectivity index (χ3v) is 3.65. The zero-order valence-corrected chi connectivity index (χ0v) is 10.8. The zero-order chi connectivity index (χ0) is 13.0. The van der Waals surface area contributed by atoms with Crippen molar-refractivity contribution in [1.29, 1.82) is 0 Å². The van der Waals surface area contributed by atoms with Crippen LogP contribution < -0.4 is 15.2 Å². The minimum atomic E-state index is -1.41.